The summed E-state index contributed by atoms with van der Waals surface area (Å²) in [5.74, 6) is -0.759. The van der Waals surface area contributed by atoms with Crippen molar-refractivity contribution in [3.8, 4) is 0 Å². The summed E-state index contributed by atoms with van der Waals surface area (Å²) in [5, 5.41) is 6.08. The van der Waals surface area contributed by atoms with Gasteiger partial charge in [-0.1, -0.05) is 0 Å². The van der Waals surface area contributed by atoms with Crippen LogP contribution < -0.4 is 10.6 Å². The van der Waals surface area contributed by atoms with Gasteiger partial charge >= 0.3 is 0 Å². The Kier molecular flexibility index (Phi) is 5.47. The van der Waals surface area contributed by atoms with Crippen molar-refractivity contribution in [3.05, 3.63) is 35.4 Å². The van der Waals surface area contributed by atoms with Crippen molar-refractivity contribution in [1.29, 1.82) is 0 Å². The first-order valence-electron chi connectivity index (χ1n) is 7.06. The summed E-state index contributed by atoms with van der Waals surface area (Å²) in [5.41, 5.74) is 0.558. The first-order valence-corrected chi connectivity index (χ1v) is 7.06. The van der Waals surface area contributed by atoms with Crippen molar-refractivity contribution < 1.29 is 13.6 Å². The van der Waals surface area contributed by atoms with Gasteiger partial charge in [-0.25, -0.2) is 8.78 Å². The molecule has 0 aliphatic carbocycles. The molecule has 1 aromatic rings. The molecule has 3 nitrogen and oxygen atoms in total. The highest BCUT2D eigenvalue weighted by molar-refractivity contribution is 5.76. The first kappa shape index (κ1) is 14.9. The van der Waals surface area contributed by atoms with Gasteiger partial charge in [0.05, 0.1) is 0 Å². The van der Waals surface area contributed by atoms with Crippen LogP contribution in [0.4, 0.5) is 8.78 Å². The fourth-order valence-electron chi connectivity index (χ4n) is 2.53. The Morgan fingerprint density at radius 3 is 2.70 bits per heavy atom. The molecule has 1 unspecified atom stereocenters. The number of carbonyl (C=O) groups excluding carboxylic acids is 1. The van der Waals surface area contributed by atoms with Crippen molar-refractivity contribution >= 4 is 5.91 Å². The zero-order valence-corrected chi connectivity index (χ0v) is 11.4. The molecule has 2 N–H and O–H groups in total. The number of halogens is 2. The van der Waals surface area contributed by atoms with E-state index < -0.39 is 11.6 Å². The molecule has 1 heterocycles. The Morgan fingerprint density at radius 2 is 2.05 bits per heavy atom. The molecule has 1 aromatic carbocycles. The molecular formula is C15H20F2N2O. The highest BCUT2D eigenvalue weighted by Gasteiger charge is 2.16. The molecule has 0 bridgehead atoms. The van der Waals surface area contributed by atoms with Crippen molar-refractivity contribution in [2.75, 3.05) is 19.6 Å². The number of piperidine rings is 1. The third kappa shape index (κ3) is 4.89. The van der Waals surface area contributed by atoms with E-state index in [2.05, 4.69) is 10.6 Å². The van der Waals surface area contributed by atoms with Crippen molar-refractivity contribution in [2.24, 2.45) is 5.92 Å². The average molecular weight is 282 g/mol. The lowest BCUT2D eigenvalue weighted by Gasteiger charge is -2.22. The van der Waals surface area contributed by atoms with Gasteiger partial charge in [0.25, 0.3) is 0 Å². The largest absolute Gasteiger partial charge is 0.356 e. The maximum Gasteiger partial charge on any atom is 0.220 e. The van der Waals surface area contributed by atoms with Gasteiger partial charge in [-0.05, 0) is 56.0 Å². The van der Waals surface area contributed by atoms with Gasteiger partial charge in [0, 0.05) is 19.0 Å². The Labute approximate surface area is 117 Å². The molecule has 1 aliphatic rings. The Bertz CT molecular complexity index is 439. The zero-order valence-electron chi connectivity index (χ0n) is 11.4. The second-order valence-corrected chi connectivity index (χ2v) is 5.29. The smallest absolute Gasteiger partial charge is 0.220 e. The monoisotopic (exact) mass is 282 g/mol. The number of carbonyl (C=O) groups is 1. The fraction of sp³-hybridized carbons (Fsp3) is 0.533. The third-order valence-electron chi connectivity index (χ3n) is 3.53. The average Bonchev–Trinajstić information content (AvgIpc) is 2.38. The van der Waals surface area contributed by atoms with Crippen molar-refractivity contribution in [3.63, 3.8) is 0 Å². The van der Waals surface area contributed by atoms with E-state index >= 15 is 0 Å². The Morgan fingerprint density at radius 1 is 1.30 bits per heavy atom. The van der Waals surface area contributed by atoms with Crippen LogP contribution in [0.1, 0.15) is 24.8 Å². The summed E-state index contributed by atoms with van der Waals surface area (Å²) < 4.78 is 26.0. The molecule has 1 saturated heterocycles. The lowest BCUT2D eigenvalue weighted by atomic mass is 9.96. The van der Waals surface area contributed by atoms with Crippen LogP contribution in [0.25, 0.3) is 0 Å². The molecule has 2 rings (SSSR count). The van der Waals surface area contributed by atoms with Crippen LogP contribution >= 0.6 is 0 Å². The lowest BCUT2D eigenvalue weighted by molar-refractivity contribution is -0.122. The molecule has 1 amide bonds. The molecule has 1 atom stereocenters. The number of amides is 1. The van der Waals surface area contributed by atoms with Crippen LogP contribution in [-0.4, -0.2) is 25.5 Å². The minimum atomic E-state index is -0.584. The van der Waals surface area contributed by atoms with Gasteiger partial charge in [-0.15, -0.1) is 0 Å². The zero-order chi connectivity index (χ0) is 14.4. The van der Waals surface area contributed by atoms with E-state index in [0.717, 1.165) is 32.0 Å². The summed E-state index contributed by atoms with van der Waals surface area (Å²) >= 11 is 0. The minimum Gasteiger partial charge on any atom is -0.356 e. The normalized spacial score (nSPS) is 18.8. The molecule has 0 aromatic heterocycles. The molecule has 0 saturated carbocycles. The minimum absolute atomic E-state index is 0.00979. The van der Waals surface area contributed by atoms with Gasteiger partial charge in [-0.2, -0.15) is 0 Å². The number of rotatable bonds is 5. The molecular weight excluding hydrogens is 262 g/mol. The molecule has 1 fully saturated rings. The maximum absolute atomic E-state index is 13.0. The topological polar surface area (TPSA) is 41.1 Å². The standard InChI is InChI=1S/C15H20F2N2O/c16-13-6-11(7-14(17)9-13)3-5-19-15(20)8-12-2-1-4-18-10-12/h6-7,9,12,18H,1-5,8,10H2,(H,19,20). The Hall–Kier alpha value is -1.49. The van der Waals surface area contributed by atoms with Crippen LogP contribution in [0.2, 0.25) is 0 Å². The van der Waals surface area contributed by atoms with Gasteiger partial charge in [-0.3, -0.25) is 4.79 Å². The van der Waals surface area contributed by atoms with Gasteiger partial charge in [0.15, 0.2) is 0 Å². The fourth-order valence-corrected chi connectivity index (χ4v) is 2.53. The van der Waals surface area contributed by atoms with Crippen LogP contribution in [0.5, 0.6) is 0 Å². The van der Waals surface area contributed by atoms with E-state index in [0.29, 0.717) is 30.9 Å². The lowest BCUT2D eigenvalue weighted by Crippen LogP contribution is -2.34. The van der Waals surface area contributed by atoms with Crippen molar-refractivity contribution in [1.82, 2.24) is 10.6 Å². The molecule has 110 valence electrons. The van der Waals surface area contributed by atoms with Gasteiger partial charge in [0.1, 0.15) is 11.6 Å². The number of nitrogens with one attached hydrogen (secondary N) is 2. The highest BCUT2D eigenvalue weighted by atomic mass is 19.1. The van der Waals surface area contributed by atoms with Crippen LogP contribution in [0.3, 0.4) is 0 Å². The van der Waals surface area contributed by atoms with E-state index in [-0.39, 0.29) is 5.91 Å². The summed E-state index contributed by atoms with van der Waals surface area (Å²) in [4.78, 5) is 11.7. The quantitative estimate of drug-likeness (QED) is 0.867. The van der Waals surface area contributed by atoms with Gasteiger partial charge in [0.2, 0.25) is 5.91 Å². The molecule has 0 radical (unpaired) electrons. The summed E-state index contributed by atoms with van der Waals surface area (Å²) in [6.07, 6.45) is 3.14. The Balaban J connectivity index is 1.70. The summed E-state index contributed by atoms with van der Waals surface area (Å²) in [7, 11) is 0. The summed E-state index contributed by atoms with van der Waals surface area (Å²) in [6.45, 7) is 2.33. The second kappa shape index (κ2) is 7.33. The van der Waals surface area contributed by atoms with E-state index in [1.807, 2.05) is 0 Å². The number of hydrogen-bond donors (Lipinski definition) is 2. The number of benzene rings is 1. The van der Waals surface area contributed by atoms with Crippen LogP contribution in [0.15, 0.2) is 18.2 Å². The predicted molar refractivity (Wildman–Crippen MR) is 73.3 cm³/mol. The van der Waals surface area contributed by atoms with Crippen molar-refractivity contribution in [2.45, 2.75) is 25.7 Å². The molecule has 0 spiro atoms. The maximum atomic E-state index is 13.0. The molecule has 20 heavy (non-hydrogen) atoms. The van der Waals surface area contributed by atoms with E-state index in [1.54, 1.807) is 0 Å². The van der Waals surface area contributed by atoms with E-state index in [1.165, 1.54) is 12.1 Å². The molecule has 5 heteroatoms. The highest BCUT2D eigenvalue weighted by Crippen LogP contribution is 2.13. The third-order valence-corrected chi connectivity index (χ3v) is 3.53. The number of hydrogen-bond acceptors (Lipinski definition) is 2. The van der Waals surface area contributed by atoms with Gasteiger partial charge < -0.3 is 10.6 Å². The SMILES string of the molecule is O=C(CC1CCCNC1)NCCc1cc(F)cc(F)c1. The predicted octanol–water partition coefficient (Wildman–Crippen LogP) is 2.01. The second-order valence-electron chi connectivity index (χ2n) is 5.29. The summed E-state index contributed by atoms with van der Waals surface area (Å²) in [6, 6.07) is 3.43. The van der Waals surface area contributed by atoms with Crippen LogP contribution in [0, 0.1) is 17.6 Å². The van der Waals surface area contributed by atoms with E-state index in [9.17, 15) is 13.6 Å². The first-order chi connectivity index (χ1) is 9.63. The van der Waals surface area contributed by atoms with E-state index in [4.69, 9.17) is 0 Å². The van der Waals surface area contributed by atoms with Crippen LogP contribution in [-0.2, 0) is 11.2 Å². The molecule has 1 aliphatic heterocycles.